The summed E-state index contributed by atoms with van der Waals surface area (Å²) in [6.45, 7) is 0.371. The maximum Gasteiger partial charge on any atom is 0.303 e. The largest absolute Gasteiger partial charge is 0.481 e. The molecule has 0 amide bonds. The highest BCUT2D eigenvalue weighted by Crippen LogP contribution is 2.30. The van der Waals surface area contributed by atoms with Crippen LogP contribution in [0, 0.1) is 0 Å². The molecule has 2 rings (SSSR count). The first-order chi connectivity index (χ1) is 7.65. The van der Waals surface area contributed by atoms with E-state index in [0.29, 0.717) is 18.8 Å². The molecule has 16 heavy (non-hydrogen) atoms. The number of carboxylic acid groups (broad SMARTS) is 1. The maximum atomic E-state index is 10.4. The van der Waals surface area contributed by atoms with Gasteiger partial charge in [0.1, 0.15) is 0 Å². The van der Waals surface area contributed by atoms with Crippen molar-refractivity contribution < 1.29 is 23.8 Å². The third-order valence-electron chi connectivity index (χ3n) is 2.26. The number of furan rings is 1. The van der Waals surface area contributed by atoms with Crippen molar-refractivity contribution >= 4 is 17.6 Å². The van der Waals surface area contributed by atoms with Gasteiger partial charge in [0, 0.05) is 6.42 Å². The normalized spacial score (nSPS) is 24.8. The van der Waals surface area contributed by atoms with Crippen LogP contribution < -0.4 is 0 Å². The Balaban J connectivity index is 1.86. The molecule has 5 nitrogen and oxygen atoms in total. The van der Waals surface area contributed by atoms with Crippen molar-refractivity contribution in [2.75, 3.05) is 6.61 Å². The van der Waals surface area contributed by atoms with Crippen LogP contribution in [0.5, 0.6) is 0 Å². The fourth-order valence-corrected chi connectivity index (χ4v) is 1.64. The van der Waals surface area contributed by atoms with Crippen molar-refractivity contribution in [2.24, 2.45) is 0 Å². The predicted molar refractivity (Wildman–Crippen MR) is 54.2 cm³/mol. The SMILES string of the molecule is O=C(O)CCC1COC(c2ccc(Cl)o2)O1. The van der Waals surface area contributed by atoms with E-state index in [2.05, 4.69) is 0 Å². The highest BCUT2D eigenvalue weighted by molar-refractivity contribution is 6.28. The van der Waals surface area contributed by atoms with Crippen molar-refractivity contribution in [3.8, 4) is 0 Å². The van der Waals surface area contributed by atoms with Gasteiger partial charge in [0.25, 0.3) is 0 Å². The molecule has 0 radical (unpaired) electrons. The Morgan fingerprint density at radius 3 is 3.00 bits per heavy atom. The molecule has 0 saturated carbocycles. The first-order valence-electron chi connectivity index (χ1n) is 4.89. The Labute approximate surface area is 96.9 Å². The summed E-state index contributed by atoms with van der Waals surface area (Å²) < 4.78 is 15.9. The minimum atomic E-state index is -0.840. The topological polar surface area (TPSA) is 68.9 Å². The van der Waals surface area contributed by atoms with Crippen LogP contribution in [0.25, 0.3) is 0 Å². The number of rotatable bonds is 4. The summed E-state index contributed by atoms with van der Waals surface area (Å²) in [4.78, 5) is 10.4. The standard InChI is InChI=1S/C10H11ClO5/c11-8-3-2-7(16-8)10-14-5-6(15-10)1-4-9(12)13/h2-3,6,10H,1,4-5H2,(H,12,13). The predicted octanol–water partition coefficient (Wildman–Crippen LogP) is 2.21. The summed E-state index contributed by atoms with van der Waals surface area (Å²) >= 11 is 5.62. The first kappa shape index (κ1) is 11.4. The molecule has 1 aliphatic rings. The lowest BCUT2D eigenvalue weighted by Gasteiger charge is -2.07. The zero-order chi connectivity index (χ0) is 11.5. The molecule has 2 atom stereocenters. The van der Waals surface area contributed by atoms with Gasteiger partial charge in [-0.15, -0.1) is 0 Å². The molecule has 1 N–H and O–H groups in total. The smallest absolute Gasteiger partial charge is 0.303 e. The number of aliphatic carboxylic acids is 1. The quantitative estimate of drug-likeness (QED) is 0.882. The number of hydrogen-bond donors (Lipinski definition) is 1. The van der Waals surface area contributed by atoms with Gasteiger partial charge in [0.05, 0.1) is 12.7 Å². The number of ether oxygens (including phenoxy) is 2. The summed E-state index contributed by atoms with van der Waals surface area (Å²) in [5.41, 5.74) is 0. The molecule has 1 saturated heterocycles. The fourth-order valence-electron chi connectivity index (χ4n) is 1.49. The second kappa shape index (κ2) is 4.86. The molecule has 88 valence electrons. The van der Waals surface area contributed by atoms with Crippen molar-refractivity contribution in [1.29, 1.82) is 0 Å². The van der Waals surface area contributed by atoms with E-state index in [1.54, 1.807) is 12.1 Å². The second-order valence-electron chi connectivity index (χ2n) is 3.50. The summed E-state index contributed by atoms with van der Waals surface area (Å²) in [7, 11) is 0. The van der Waals surface area contributed by atoms with Gasteiger partial charge < -0.3 is 19.0 Å². The Morgan fingerprint density at radius 2 is 2.38 bits per heavy atom. The number of carbonyl (C=O) groups is 1. The highest BCUT2D eigenvalue weighted by Gasteiger charge is 2.29. The molecular weight excluding hydrogens is 236 g/mol. The van der Waals surface area contributed by atoms with Crippen LogP contribution in [0.4, 0.5) is 0 Å². The Hall–Kier alpha value is -1.04. The lowest BCUT2D eigenvalue weighted by atomic mass is 10.2. The van der Waals surface area contributed by atoms with Gasteiger partial charge in [0.2, 0.25) is 6.29 Å². The monoisotopic (exact) mass is 246 g/mol. The van der Waals surface area contributed by atoms with Gasteiger partial charge >= 0.3 is 5.97 Å². The summed E-state index contributed by atoms with van der Waals surface area (Å²) in [6, 6.07) is 3.28. The molecule has 0 aromatic carbocycles. The van der Waals surface area contributed by atoms with Gasteiger partial charge in [-0.3, -0.25) is 4.79 Å². The molecule has 2 unspecified atom stereocenters. The average Bonchev–Trinajstić information content (AvgIpc) is 2.83. The molecule has 1 aromatic heterocycles. The van der Waals surface area contributed by atoms with E-state index in [1.807, 2.05) is 0 Å². The third-order valence-corrected chi connectivity index (χ3v) is 2.46. The molecular formula is C10H11ClO5. The summed E-state index contributed by atoms with van der Waals surface area (Å²) in [5.74, 6) is -0.337. The third kappa shape index (κ3) is 2.75. The summed E-state index contributed by atoms with van der Waals surface area (Å²) in [5, 5.41) is 8.80. The number of halogens is 1. The second-order valence-corrected chi connectivity index (χ2v) is 3.87. The van der Waals surface area contributed by atoms with Crippen LogP contribution in [0.2, 0.25) is 5.22 Å². The van der Waals surface area contributed by atoms with Crippen LogP contribution in [0.1, 0.15) is 24.9 Å². The van der Waals surface area contributed by atoms with E-state index < -0.39 is 12.3 Å². The lowest BCUT2D eigenvalue weighted by Crippen LogP contribution is -2.11. The molecule has 1 fully saturated rings. The van der Waals surface area contributed by atoms with Gasteiger partial charge in [-0.1, -0.05) is 0 Å². The van der Waals surface area contributed by atoms with Crippen LogP contribution >= 0.6 is 11.6 Å². The number of carboxylic acids is 1. The molecule has 0 bridgehead atoms. The minimum Gasteiger partial charge on any atom is -0.481 e. The van der Waals surface area contributed by atoms with E-state index >= 15 is 0 Å². The molecule has 0 aliphatic carbocycles. The maximum absolute atomic E-state index is 10.4. The van der Waals surface area contributed by atoms with Gasteiger partial charge in [-0.05, 0) is 30.2 Å². The van der Waals surface area contributed by atoms with Crippen LogP contribution in [-0.2, 0) is 14.3 Å². The van der Waals surface area contributed by atoms with Gasteiger partial charge in [0.15, 0.2) is 11.0 Å². The van der Waals surface area contributed by atoms with Gasteiger partial charge in [-0.25, -0.2) is 0 Å². The molecule has 1 aliphatic heterocycles. The van der Waals surface area contributed by atoms with Crippen LogP contribution in [-0.4, -0.2) is 23.8 Å². The fraction of sp³-hybridized carbons (Fsp3) is 0.500. The molecule has 1 aromatic rings. The van der Waals surface area contributed by atoms with E-state index in [9.17, 15) is 4.79 Å². The summed E-state index contributed by atoms with van der Waals surface area (Å²) in [6.07, 6.45) is -0.281. The van der Waals surface area contributed by atoms with E-state index in [1.165, 1.54) is 0 Å². The Bertz CT molecular complexity index is 375. The molecule has 6 heteroatoms. The first-order valence-corrected chi connectivity index (χ1v) is 5.27. The van der Waals surface area contributed by atoms with Gasteiger partial charge in [-0.2, -0.15) is 0 Å². The average molecular weight is 247 g/mol. The van der Waals surface area contributed by atoms with E-state index in [-0.39, 0.29) is 17.7 Å². The van der Waals surface area contributed by atoms with Crippen LogP contribution in [0.15, 0.2) is 16.5 Å². The van der Waals surface area contributed by atoms with Crippen LogP contribution in [0.3, 0.4) is 0 Å². The molecule has 0 spiro atoms. The lowest BCUT2D eigenvalue weighted by molar-refractivity contribution is -0.138. The van der Waals surface area contributed by atoms with Crippen molar-refractivity contribution in [3.05, 3.63) is 23.1 Å². The van der Waals surface area contributed by atoms with Crippen molar-refractivity contribution in [3.63, 3.8) is 0 Å². The van der Waals surface area contributed by atoms with Crippen molar-refractivity contribution in [1.82, 2.24) is 0 Å². The van der Waals surface area contributed by atoms with E-state index in [4.69, 9.17) is 30.6 Å². The zero-order valence-corrected chi connectivity index (χ0v) is 9.14. The Morgan fingerprint density at radius 1 is 1.56 bits per heavy atom. The molecule has 2 heterocycles. The number of hydrogen-bond acceptors (Lipinski definition) is 4. The van der Waals surface area contributed by atoms with Crippen molar-refractivity contribution in [2.45, 2.75) is 25.2 Å². The Kier molecular flexibility index (Phi) is 3.48. The highest BCUT2D eigenvalue weighted by atomic mass is 35.5. The minimum absolute atomic E-state index is 0.0691. The zero-order valence-electron chi connectivity index (χ0n) is 8.39. The van der Waals surface area contributed by atoms with E-state index in [0.717, 1.165) is 0 Å².